The summed E-state index contributed by atoms with van der Waals surface area (Å²) in [7, 11) is 0. The van der Waals surface area contributed by atoms with Crippen molar-refractivity contribution in [1.82, 2.24) is 9.97 Å². The summed E-state index contributed by atoms with van der Waals surface area (Å²) in [5.41, 5.74) is 6.51. The fourth-order valence-corrected chi connectivity index (χ4v) is 3.17. The van der Waals surface area contributed by atoms with Crippen molar-refractivity contribution in [2.24, 2.45) is 0 Å². The highest BCUT2D eigenvalue weighted by Crippen LogP contribution is 2.26. The standard InChI is InChI=1S/C22H17N3/c23-13-12-18-14-16(10-11-19(18)17-6-2-1-3-7-17)15-22-24-20-8-4-5-9-21(20)25-22/h1-11,14H,12,15H2,(H,24,25). The van der Waals surface area contributed by atoms with Crippen molar-refractivity contribution in [3.8, 4) is 17.2 Å². The summed E-state index contributed by atoms with van der Waals surface area (Å²) in [6.45, 7) is 0. The average molecular weight is 323 g/mol. The van der Waals surface area contributed by atoms with E-state index in [-0.39, 0.29) is 0 Å². The van der Waals surface area contributed by atoms with Gasteiger partial charge in [0, 0.05) is 6.42 Å². The van der Waals surface area contributed by atoms with E-state index in [9.17, 15) is 5.26 Å². The number of nitriles is 1. The van der Waals surface area contributed by atoms with Gasteiger partial charge in [-0.1, -0.05) is 60.7 Å². The highest BCUT2D eigenvalue weighted by atomic mass is 14.9. The third kappa shape index (κ3) is 3.15. The van der Waals surface area contributed by atoms with Crippen LogP contribution in [0.2, 0.25) is 0 Å². The summed E-state index contributed by atoms with van der Waals surface area (Å²) < 4.78 is 0. The van der Waals surface area contributed by atoms with Crippen LogP contribution in [0.25, 0.3) is 22.2 Å². The molecule has 0 aliphatic rings. The van der Waals surface area contributed by atoms with Gasteiger partial charge in [0.15, 0.2) is 0 Å². The molecule has 1 heterocycles. The van der Waals surface area contributed by atoms with E-state index in [2.05, 4.69) is 46.4 Å². The van der Waals surface area contributed by atoms with Gasteiger partial charge in [0.2, 0.25) is 0 Å². The molecule has 0 aliphatic carbocycles. The van der Waals surface area contributed by atoms with Crippen LogP contribution in [0, 0.1) is 11.3 Å². The van der Waals surface area contributed by atoms with Gasteiger partial charge in [-0.15, -0.1) is 0 Å². The zero-order chi connectivity index (χ0) is 17.1. The van der Waals surface area contributed by atoms with Crippen LogP contribution in [-0.2, 0) is 12.8 Å². The quantitative estimate of drug-likeness (QED) is 0.581. The second-order valence-corrected chi connectivity index (χ2v) is 6.07. The molecular weight excluding hydrogens is 306 g/mol. The number of aromatic amines is 1. The van der Waals surface area contributed by atoms with E-state index in [1.54, 1.807) is 0 Å². The van der Waals surface area contributed by atoms with Gasteiger partial charge >= 0.3 is 0 Å². The minimum atomic E-state index is 0.401. The minimum Gasteiger partial charge on any atom is -0.342 e. The molecule has 0 unspecified atom stereocenters. The maximum absolute atomic E-state index is 9.20. The molecule has 0 saturated carbocycles. The monoisotopic (exact) mass is 323 g/mol. The Bertz CT molecular complexity index is 1020. The van der Waals surface area contributed by atoms with Gasteiger partial charge in [-0.25, -0.2) is 4.98 Å². The van der Waals surface area contributed by atoms with Crippen molar-refractivity contribution in [1.29, 1.82) is 5.26 Å². The predicted molar refractivity (Wildman–Crippen MR) is 100 cm³/mol. The zero-order valence-corrected chi connectivity index (χ0v) is 13.7. The van der Waals surface area contributed by atoms with E-state index < -0.39 is 0 Å². The zero-order valence-electron chi connectivity index (χ0n) is 13.7. The highest BCUT2D eigenvalue weighted by Gasteiger charge is 2.08. The first-order chi connectivity index (χ1) is 12.3. The van der Waals surface area contributed by atoms with Gasteiger partial charge in [-0.05, 0) is 34.4 Å². The molecule has 0 fully saturated rings. The number of imidazole rings is 1. The molecule has 0 aliphatic heterocycles. The number of hydrogen-bond donors (Lipinski definition) is 1. The molecule has 120 valence electrons. The molecule has 25 heavy (non-hydrogen) atoms. The fraction of sp³-hybridized carbons (Fsp3) is 0.0909. The Hall–Kier alpha value is -3.38. The molecule has 1 aromatic heterocycles. The Balaban J connectivity index is 1.68. The van der Waals surface area contributed by atoms with Crippen molar-refractivity contribution in [3.63, 3.8) is 0 Å². The smallest absolute Gasteiger partial charge is 0.111 e. The molecule has 3 nitrogen and oxygen atoms in total. The summed E-state index contributed by atoms with van der Waals surface area (Å²) >= 11 is 0. The number of hydrogen-bond acceptors (Lipinski definition) is 2. The van der Waals surface area contributed by atoms with E-state index in [1.807, 2.05) is 42.5 Å². The van der Waals surface area contributed by atoms with Gasteiger partial charge in [0.1, 0.15) is 5.82 Å². The van der Waals surface area contributed by atoms with Crippen molar-refractivity contribution >= 4 is 11.0 Å². The largest absolute Gasteiger partial charge is 0.342 e. The highest BCUT2D eigenvalue weighted by molar-refractivity contribution is 5.75. The first-order valence-electron chi connectivity index (χ1n) is 8.31. The van der Waals surface area contributed by atoms with Crippen LogP contribution in [0.3, 0.4) is 0 Å². The Morgan fingerprint density at radius 1 is 0.920 bits per heavy atom. The summed E-state index contributed by atoms with van der Waals surface area (Å²) in [5, 5.41) is 9.20. The maximum Gasteiger partial charge on any atom is 0.111 e. The number of rotatable bonds is 4. The average Bonchev–Trinajstić information content (AvgIpc) is 3.05. The van der Waals surface area contributed by atoms with Crippen LogP contribution >= 0.6 is 0 Å². The van der Waals surface area contributed by atoms with E-state index in [4.69, 9.17) is 0 Å². The van der Waals surface area contributed by atoms with Gasteiger partial charge in [0.25, 0.3) is 0 Å². The lowest BCUT2D eigenvalue weighted by atomic mass is 9.95. The molecule has 4 aromatic rings. The van der Waals surface area contributed by atoms with Crippen LogP contribution in [0.4, 0.5) is 0 Å². The van der Waals surface area contributed by atoms with Gasteiger partial charge in [0.05, 0.1) is 23.5 Å². The van der Waals surface area contributed by atoms with Crippen molar-refractivity contribution < 1.29 is 0 Å². The lowest BCUT2D eigenvalue weighted by molar-refractivity contribution is 1.03. The third-order valence-corrected chi connectivity index (χ3v) is 4.33. The Labute approximate surface area is 146 Å². The summed E-state index contributed by atoms with van der Waals surface area (Å²) in [5.74, 6) is 0.941. The van der Waals surface area contributed by atoms with Gasteiger partial charge in [-0.3, -0.25) is 0 Å². The van der Waals surface area contributed by atoms with Crippen LogP contribution in [0.5, 0.6) is 0 Å². The number of aromatic nitrogens is 2. The molecule has 0 bridgehead atoms. The van der Waals surface area contributed by atoms with Crippen LogP contribution < -0.4 is 0 Å². The molecule has 0 spiro atoms. The molecular formula is C22H17N3. The summed E-state index contributed by atoms with van der Waals surface area (Å²) in [4.78, 5) is 8.01. The minimum absolute atomic E-state index is 0.401. The van der Waals surface area contributed by atoms with Gasteiger partial charge < -0.3 is 4.98 Å². The molecule has 0 saturated heterocycles. The van der Waals surface area contributed by atoms with Crippen molar-refractivity contribution in [3.05, 3.63) is 89.7 Å². The molecule has 0 amide bonds. The normalized spacial score (nSPS) is 10.7. The van der Waals surface area contributed by atoms with E-state index in [0.717, 1.165) is 45.5 Å². The Kier molecular flexibility index (Phi) is 4.02. The molecule has 1 N–H and O–H groups in total. The fourth-order valence-electron chi connectivity index (χ4n) is 3.17. The third-order valence-electron chi connectivity index (χ3n) is 4.33. The number of benzene rings is 3. The van der Waals surface area contributed by atoms with Crippen LogP contribution in [0.1, 0.15) is 17.0 Å². The SMILES string of the molecule is N#CCc1cc(Cc2nc3ccccc3[nH]2)ccc1-c1ccccc1. The van der Waals surface area contributed by atoms with Crippen LogP contribution in [-0.4, -0.2) is 9.97 Å². The number of H-pyrrole nitrogens is 1. The van der Waals surface area contributed by atoms with Gasteiger partial charge in [-0.2, -0.15) is 5.26 Å². The Morgan fingerprint density at radius 2 is 1.72 bits per heavy atom. The lowest BCUT2D eigenvalue weighted by Crippen LogP contribution is -1.95. The summed E-state index contributed by atoms with van der Waals surface area (Å²) in [6.07, 6.45) is 1.13. The number of fused-ring (bicyclic) bond motifs is 1. The second-order valence-electron chi connectivity index (χ2n) is 6.07. The predicted octanol–water partition coefficient (Wildman–Crippen LogP) is 4.89. The van der Waals surface area contributed by atoms with E-state index in [0.29, 0.717) is 6.42 Å². The molecule has 3 aromatic carbocycles. The molecule has 0 radical (unpaired) electrons. The number of para-hydroxylation sites is 2. The number of nitrogens with one attached hydrogen (secondary N) is 1. The molecule has 3 heteroatoms. The lowest BCUT2D eigenvalue weighted by Gasteiger charge is -2.09. The van der Waals surface area contributed by atoms with Crippen molar-refractivity contribution in [2.75, 3.05) is 0 Å². The van der Waals surface area contributed by atoms with Crippen LogP contribution in [0.15, 0.2) is 72.8 Å². The Morgan fingerprint density at radius 3 is 2.52 bits per heavy atom. The molecule has 4 rings (SSSR count). The summed E-state index contributed by atoms with van der Waals surface area (Å²) in [6, 6.07) is 26.9. The first kappa shape index (κ1) is 15.2. The van der Waals surface area contributed by atoms with E-state index >= 15 is 0 Å². The maximum atomic E-state index is 9.20. The first-order valence-corrected chi connectivity index (χ1v) is 8.31. The molecule has 0 atom stereocenters. The van der Waals surface area contributed by atoms with Crippen molar-refractivity contribution in [2.45, 2.75) is 12.8 Å². The number of nitrogens with zero attached hydrogens (tertiary/aromatic N) is 2. The van der Waals surface area contributed by atoms with E-state index in [1.165, 1.54) is 0 Å². The topological polar surface area (TPSA) is 52.5 Å². The second kappa shape index (κ2) is 6.62.